The molecule has 20 heavy (non-hydrogen) atoms. The Morgan fingerprint density at radius 2 is 1.90 bits per heavy atom. The minimum Gasteiger partial charge on any atom is -0.360 e. The smallest absolute Gasteiger partial charge is 0.256 e. The van der Waals surface area contributed by atoms with Crippen LogP contribution in [0.1, 0.15) is 10.4 Å². The van der Waals surface area contributed by atoms with Crippen LogP contribution in [0, 0.1) is 0 Å². The molecule has 1 aromatic carbocycles. The number of fused-ring (bicyclic) bond motifs is 1. The average Bonchev–Trinajstić information content (AvgIpc) is 2.82. The van der Waals surface area contributed by atoms with Gasteiger partial charge in [-0.2, -0.15) is 0 Å². The molecule has 3 rings (SSSR count). The van der Waals surface area contributed by atoms with Crippen LogP contribution in [0.15, 0.2) is 18.3 Å². The zero-order chi connectivity index (χ0) is 14.3. The Balaban J connectivity index is 1.96. The van der Waals surface area contributed by atoms with E-state index in [2.05, 4.69) is 16.9 Å². The maximum atomic E-state index is 12.6. The van der Waals surface area contributed by atoms with Crippen LogP contribution in [0.5, 0.6) is 0 Å². The number of hydrogen-bond acceptors (Lipinski definition) is 2. The molecular formula is C14H15Cl2N3O. The average molecular weight is 312 g/mol. The number of rotatable bonds is 1. The Morgan fingerprint density at radius 3 is 2.60 bits per heavy atom. The van der Waals surface area contributed by atoms with Gasteiger partial charge in [-0.05, 0) is 19.2 Å². The van der Waals surface area contributed by atoms with E-state index in [0.29, 0.717) is 15.6 Å². The van der Waals surface area contributed by atoms with Crippen molar-refractivity contribution in [1.29, 1.82) is 0 Å². The quantitative estimate of drug-likeness (QED) is 0.879. The first-order chi connectivity index (χ1) is 9.56. The molecule has 106 valence electrons. The maximum Gasteiger partial charge on any atom is 0.256 e. The molecule has 1 saturated heterocycles. The first kappa shape index (κ1) is 13.7. The summed E-state index contributed by atoms with van der Waals surface area (Å²) < 4.78 is 0. The van der Waals surface area contributed by atoms with E-state index < -0.39 is 0 Å². The minimum atomic E-state index is 0.0218. The SMILES string of the molecule is CN1CCN(C(=O)c2c[nH]c3cc(Cl)cc(Cl)c23)CC1. The van der Waals surface area contributed by atoms with Gasteiger partial charge in [0.15, 0.2) is 0 Å². The number of amides is 1. The molecule has 1 fully saturated rings. The lowest BCUT2D eigenvalue weighted by atomic mass is 10.1. The van der Waals surface area contributed by atoms with Gasteiger partial charge < -0.3 is 14.8 Å². The number of likely N-dealkylation sites (N-methyl/N-ethyl adjacent to an activating group) is 1. The predicted octanol–water partition coefficient (Wildman–Crippen LogP) is 2.86. The van der Waals surface area contributed by atoms with E-state index >= 15 is 0 Å². The summed E-state index contributed by atoms with van der Waals surface area (Å²) in [5, 5.41) is 1.81. The van der Waals surface area contributed by atoms with Crippen molar-refractivity contribution >= 4 is 40.0 Å². The van der Waals surface area contributed by atoms with Crippen molar-refractivity contribution < 1.29 is 4.79 Å². The summed E-state index contributed by atoms with van der Waals surface area (Å²) >= 11 is 12.2. The molecule has 0 atom stereocenters. The molecule has 6 heteroatoms. The van der Waals surface area contributed by atoms with E-state index in [1.165, 1.54) is 0 Å². The third kappa shape index (κ3) is 2.39. The highest BCUT2D eigenvalue weighted by atomic mass is 35.5. The van der Waals surface area contributed by atoms with Gasteiger partial charge in [-0.25, -0.2) is 0 Å². The van der Waals surface area contributed by atoms with Crippen molar-refractivity contribution in [2.45, 2.75) is 0 Å². The normalized spacial score (nSPS) is 16.9. The number of hydrogen-bond donors (Lipinski definition) is 1. The molecule has 2 heterocycles. The Kier molecular flexibility index (Phi) is 3.63. The first-order valence-electron chi connectivity index (χ1n) is 6.50. The summed E-state index contributed by atoms with van der Waals surface area (Å²) in [6.07, 6.45) is 1.72. The third-order valence-electron chi connectivity index (χ3n) is 3.72. The van der Waals surface area contributed by atoms with E-state index in [9.17, 15) is 4.79 Å². The predicted molar refractivity (Wildman–Crippen MR) is 81.7 cm³/mol. The number of piperazine rings is 1. The van der Waals surface area contributed by atoms with Gasteiger partial charge in [0.1, 0.15) is 0 Å². The first-order valence-corrected chi connectivity index (χ1v) is 7.26. The van der Waals surface area contributed by atoms with Crippen molar-refractivity contribution in [2.75, 3.05) is 33.2 Å². The zero-order valence-electron chi connectivity index (χ0n) is 11.1. The highest BCUT2D eigenvalue weighted by Gasteiger charge is 2.23. The Morgan fingerprint density at radius 1 is 1.20 bits per heavy atom. The molecule has 0 bridgehead atoms. The van der Waals surface area contributed by atoms with Gasteiger partial charge in [0.2, 0.25) is 0 Å². The number of nitrogens with one attached hydrogen (secondary N) is 1. The van der Waals surface area contributed by atoms with Crippen LogP contribution >= 0.6 is 23.2 Å². The highest BCUT2D eigenvalue weighted by molar-refractivity contribution is 6.39. The van der Waals surface area contributed by atoms with Crippen LogP contribution in [-0.2, 0) is 0 Å². The molecule has 0 radical (unpaired) electrons. The molecule has 2 aromatic rings. The lowest BCUT2D eigenvalue weighted by Crippen LogP contribution is -2.47. The Hall–Kier alpha value is -1.23. The van der Waals surface area contributed by atoms with Crippen molar-refractivity contribution in [3.8, 4) is 0 Å². The number of halogens is 2. The molecule has 1 N–H and O–H groups in total. The van der Waals surface area contributed by atoms with Gasteiger partial charge in [-0.1, -0.05) is 23.2 Å². The molecule has 0 aliphatic carbocycles. The molecule has 1 aromatic heterocycles. The number of aromatic amines is 1. The molecule has 0 saturated carbocycles. The molecule has 1 aliphatic rings. The summed E-state index contributed by atoms with van der Waals surface area (Å²) in [6.45, 7) is 3.28. The molecular weight excluding hydrogens is 297 g/mol. The van der Waals surface area contributed by atoms with Gasteiger partial charge in [0, 0.05) is 48.3 Å². The van der Waals surface area contributed by atoms with E-state index in [4.69, 9.17) is 23.2 Å². The van der Waals surface area contributed by atoms with Gasteiger partial charge in [0.05, 0.1) is 10.6 Å². The second-order valence-corrected chi connectivity index (χ2v) is 5.95. The summed E-state index contributed by atoms with van der Waals surface area (Å²) in [4.78, 5) is 19.8. The second-order valence-electron chi connectivity index (χ2n) is 5.11. The van der Waals surface area contributed by atoms with Crippen LogP contribution in [0.25, 0.3) is 10.9 Å². The fourth-order valence-electron chi connectivity index (χ4n) is 2.53. The van der Waals surface area contributed by atoms with Gasteiger partial charge in [0.25, 0.3) is 5.91 Å². The Labute approximate surface area is 127 Å². The van der Waals surface area contributed by atoms with Crippen LogP contribution in [-0.4, -0.2) is 53.9 Å². The van der Waals surface area contributed by atoms with Crippen molar-refractivity contribution in [3.05, 3.63) is 33.9 Å². The van der Waals surface area contributed by atoms with Gasteiger partial charge in [-0.15, -0.1) is 0 Å². The fraction of sp³-hybridized carbons (Fsp3) is 0.357. The van der Waals surface area contributed by atoms with E-state index in [-0.39, 0.29) is 5.91 Å². The topological polar surface area (TPSA) is 39.3 Å². The van der Waals surface area contributed by atoms with Crippen molar-refractivity contribution in [3.63, 3.8) is 0 Å². The second kappa shape index (κ2) is 5.28. The maximum absolute atomic E-state index is 12.6. The van der Waals surface area contributed by atoms with Crippen LogP contribution in [0.2, 0.25) is 10.0 Å². The fourth-order valence-corrected chi connectivity index (χ4v) is 3.13. The minimum absolute atomic E-state index is 0.0218. The molecule has 1 aliphatic heterocycles. The lowest BCUT2D eigenvalue weighted by Gasteiger charge is -2.32. The summed E-state index contributed by atoms with van der Waals surface area (Å²) in [7, 11) is 2.06. The van der Waals surface area contributed by atoms with Gasteiger partial charge in [-0.3, -0.25) is 4.79 Å². The highest BCUT2D eigenvalue weighted by Crippen LogP contribution is 2.31. The van der Waals surface area contributed by atoms with E-state index in [0.717, 1.165) is 37.1 Å². The number of carbonyl (C=O) groups is 1. The van der Waals surface area contributed by atoms with Crippen LogP contribution in [0.4, 0.5) is 0 Å². The van der Waals surface area contributed by atoms with Crippen molar-refractivity contribution in [1.82, 2.24) is 14.8 Å². The third-order valence-corrected chi connectivity index (χ3v) is 4.23. The van der Waals surface area contributed by atoms with Gasteiger partial charge >= 0.3 is 0 Å². The number of nitrogens with zero attached hydrogens (tertiary/aromatic N) is 2. The molecule has 1 amide bonds. The van der Waals surface area contributed by atoms with E-state index in [1.807, 2.05) is 4.90 Å². The molecule has 0 spiro atoms. The monoisotopic (exact) mass is 311 g/mol. The lowest BCUT2D eigenvalue weighted by molar-refractivity contribution is 0.0666. The van der Waals surface area contributed by atoms with Crippen molar-refractivity contribution in [2.24, 2.45) is 0 Å². The molecule has 4 nitrogen and oxygen atoms in total. The zero-order valence-corrected chi connectivity index (χ0v) is 12.6. The standard InChI is InChI=1S/C14H15Cl2N3O/c1-18-2-4-19(5-3-18)14(20)10-8-17-12-7-9(15)6-11(16)13(10)12/h6-8,17H,2-5H2,1H3. The largest absolute Gasteiger partial charge is 0.360 e. The summed E-state index contributed by atoms with van der Waals surface area (Å²) in [6, 6.07) is 3.45. The molecule has 0 unspecified atom stereocenters. The van der Waals surface area contributed by atoms with Crippen LogP contribution in [0.3, 0.4) is 0 Å². The summed E-state index contributed by atoms with van der Waals surface area (Å²) in [5.41, 5.74) is 1.41. The number of aromatic nitrogens is 1. The number of carbonyl (C=O) groups excluding carboxylic acids is 1. The number of H-pyrrole nitrogens is 1. The van der Waals surface area contributed by atoms with E-state index in [1.54, 1.807) is 18.3 Å². The summed E-state index contributed by atoms with van der Waals surface area (Å²) in [5.74, 6) is 0.0218. The van der Waals surface area contributed by atoms with Crippen LogP contribution < -0.4 is 0 Å². The number of benzene rings is 1. The Bertz CT molecular complexity index is 660.